The minimum atomic E-state index is -0.0361. The van der Waals surface area contributed by atoms with Gasteiger partial charge in [-0.3, -0.25) is 4.79 Å². The number of carbonyl (C=O) groups is 1. The second kappa shape index (κ2) is 8.56. The third-order valence-corrected chi connectivity index (χ3v) is 3.27. The summed E-state index contributed by atoms with van der Waals surface area (Å²) in [6.07, 6.45) is 0.923. The number of nitrogens with zero attached hydrogens (tertiary/aromatic N) is 2. The molecule has 0 aliphatic heterocycles. The average molecular weight is 323 g/mol. The van der Waals surface area contributed by atoms with Gasteiger partial charge in [0.05, 0.1) is 11.4 Å². The van der Waals surface area contributed by atoms with Gasteiger partial charge in [-0.15, -0.1) is 12.4 Å². The van der Waals surface area contributed by atoms with Gasteiger partial charge >= 0.3 is 0 Å². The molecule has 2 N–H and O–H groups in total. The lowest BCUT2D eigenvalue weighted by molar-refractivity contribution is 0.0953. The van der Waals surface area contributed by atoms with Crippen molar-refractivity contribution in [3.8, 4) is 5.69 Å². The van der Waals surface area contributed by atoms with Crippen molar-refractivity contribution in [3.63, 3.8) is 0 Å². The molecular weight excluding hydrogens is 300 g/mol. The quantitative estimate of drug-likeness (QED) is 0.802. The lowest BCUT2D eigenvalue weighted by atomic mass is 10.2. The van der Waals surface area contributed by atoms with Crippen LogP contribution in [0.3, 0.4) is 0 Å². The van der Waals surface area contributed by atoms with Crippen LogP contribution in [0.4, 0.5) is 0 Å². The highest BCUT2D eigenvalue weighted by Gasteiger charge is 2.07. The van der Waals surface area contributed by atoms with Crippen LogP contribution in [0, 0.1) is 13.8 Å². The largest absolute Gasteiger partial charge is 0.352 e. The van der Waals surface area contributed by atoms with Crippen molar-refractivity contribution in [1.29, 1.82) is 0 Å². The van der Waals surface area contributed by atoms with E-state index < -0.39 is 0 Å². The number of nitrogens with one attached hydrogen (secondary N) is 2. The summed E-state index contributed by atoms with van der Waals surface area (Å²) in [5.74, 6) is -0.0361. The highest BCUT2D eigenvalue weighted by atomic mass is 35.5. The van der Waals surface area contributed by atoms with E-state index >= 15 is 0 Å². The molecule has 5 nitrogen and oxygen atoms in total. The third kappa shape index (κ3) is 4.58. The van der Waals surface area contributed by atoms with Crippen LogP contribution in [0.1, 0.15) is 28.2 Å². The van der Waals surface area contributed by atoms with Gasteiger partial charge in [-0.1, -0.05) is 0 Å². The molecule has 0 spiro atoms. The molecule has 1 aromatic heterocycles. The number of rotatable bonds is 6. The molecule has 1 amide bonds. The van der Waals surface area contributed by atoms with Crippen molar-refractivity contribution in [2.45, 2.75) is 20.3 Å². The topological polar surface area (TPSA) is 58.9 Å². The fourth-order valence-corrected chi connectivity index (χ4v) is 2.21. The Morgan fingerprint density at radius 3 is 2.41 bits per heavy atom. The van der Waals surface area contributed by atoms with E-state index in [-0.39, 0.29) is 18.3 Å². The summed E-state index contributed by atoms with van der Waals surface area (Å²) < 4.78 is 1.88. The minimum Gasteiger partial charge on any atom is -0.352 e. The molecule has 0 unspecified atom stereocenters. The van der Waals surface area contributed by atoms with Crippen LogP contribution >= 0.6 is 12.4 Å². The van der Waals surface area contributed by atoms with Crippen LogP contribution in [0.15, 0.2) is 30.3 Å². The maximum atomic E-state index is 12.0. The van der Waals surface area contributed by atoms with E-state index in [1.54, 1.807) is 0 Å². The van der Waals surface area contributed by atoms with Gasteiger partial charge in [0.1, 0.15) is 0 Å². The molecule has 120 valence electrons. The number of hydrogen-bond donors (Lipinski definition) is 2. The van der Waals surface area contributed by atoms with Crippen molar-refractivity contribution >= 4 is 18.3 Å². The van der Waals surface area contributed by atoms with E-state index in [1.165, 1.54) is 0 Å². The number of carbonyl (C=O) groups excluding carboxylic acids is 1. The Bertz CT molecular complexity index is 607. The molecule has 1 heterocycles. The first-order valence-corrected chi connectivity index (χ1v) is 7.18. The van der Waals surface area contributed by atoms with Crippen LogP contribution in [0.2, 0.25) is 0 Å². The van der Waals surface area contributed by atoms with E-state index in [0.717, 1.165) is 30.0 Å². The van der Waals surface area contributed by atoms with Gasteiger partial charge in [0.15, 0.2) is 0 Å². The SMILES string of the molecule is CNCCCNC(=O)c1ccc(-n2nc(C)cc2C)cc1.Cl. The Morgan fingerprint density at radius 1 is 1.18 bits per heavy atom. The normalized spacial score (nSPS) is 10.1. The van der Waals surface area contributed by atoms with Gasteiger partial charge in [-0.05, 0) is 64.2 Å². The first kappa shape index (κ1) is 18.2. The predicted molar refractivity (Wildman–Crippen MR) is 91.2 cm³/mol. The van der Waals surface area contributed by atoms with E-state index in [4.69, 9.17) is 0 Å². The summed E-state index contributed by atoms with van der Waals surface area (Å²) in [5, 5.41) is 10.4. The molecule has 0 saturated carbocycles. The number of benzene rings is 1. The summed E-state index contributed by atoms with van der Waals surface area (Å²) in [7, 11) is 1.90. The van der Waals surface area contributed by atoms with Crippen LogP contribution in [0.5, 0.6) is 0 Å². The first-order valence-electron chi connectivity index (χ1n) is 7.18. The monoisotopic (exact) mass is 322 g/mol. The molecule has 0 bridgehead atoms. The fourth-order valence-electron chi connectivity index (χ4n) is 2.21. The Kier molecular flexibility index (Phi) is 7.08. The van der Waals surface area contributed by atoms with Crippen LogP contribution < -0.4 is 10.6 Å². The number of amides is 1. The molecule has 0 radical (unpaired) electrons. The smallest absolute Gasteiger partial charge is 0.251 e. The summed E-state index contributed by atoms with van der Waals surface area (Å²) in [6.45, 7) is 5.56. The zero-order chi connectivity index (χ0) is 15.2. The van der Waals surface area contributed by atoms with Gasteiger partial charge < -0.3 is 10.6 Å². The summed E-state index contributed by atoms with van der Waals surface area (Å²) in [5.41, 5.74) is 3.70. The summed E-state index contributed by atoms with van der Waals surface area (Å²) >= 11 is 0. The molecule has 1 aromatic carbocycles. The molecule has 0 aliphatic rings. The number of halogens is 1. The van der Waals surface area contributed by atoms with E-state index in [0.29, 0.717) is 12.1 Å². The highest BCUT2D eigenvalue weighted by Crippen LogP contribution is 2.13. The molecular formula is C16H23ClN4O. The number of hydrogen-bond acceptors (Lipinski definition) is 3. The van der Waals surface area contributed by atoms with Crippen molar-refractivity contribution < 1.29 is 4.79 Å². The lowest BCUT2D eigenvalue weighted by Crippen LogP contribution is -2.26. The molecule has 6 heteroatoms. The second-order valence-corrected chi connectivity index (χ2v) is 5.10. The maximum Gasteiger partial charge on any atom is 0.251 e. The zero-order valence-electron chi connectivity index (χ0n) is 13.2. The van der Waals surface area contributed by atoms with E-state index in [2.05, 4.69) is 15.7 Å². The van der Waals surface area contributed by atoms with Gasteiger partial charge in [0, 0.05) is 17.8 Å². The van der Waals surface area contributed by atoms with Gasteiger partial charge in [0.25, 0.3) is 5.91 Å². The molecule has 2 rings (SSSR count). The molecule has 0 atom stereocenters. The lowest BCUT2D eigenvalue weighted by Gasteiger charge is -2.07. The average Bonchev–Trinajstić information content (AvgIpc) is 2.82. The van der Waals surface area contributed by atoms with Gasteiger partial charge in [-0.2, -0.15) is 5.10 Å². The van der Waals surface area contributed by atoms with Crippen molar-refractivity contribution in [2.24, 2.45) is 0 Å². The Hall–Kier alpha value is -1.85. The van der Waals surface area contributed by atoms with Crippen molar-refractivity contribution in [2.75, 3.05) is 20.1 Å². The second-order valence-electron chi connectivity index (χ2n) is 5.10. The summed E-state index contributed by atoms with van der Waals surface area (Å²) in [4.78, 5) is 12.0. The minimum absolute atomic E-state index is 0. The molecule has 0 saturated heterocycles. The van der Waals surface area contributed by atoms with E-state index in [1.807, 2.05) is 55.9 Å². The summed E-state index contributed by atoms with van der Waals surface area (Å²) in [6, 6.07) is 9.53. The molecule has 2 aromatic rings. The number of aryl methyl sites for hydroxylation is 2. The Labute approximate surface area is 137 Å². The van der Waals surface area contributed by atoms with Crippen LogP contribution in [-0.4, -0.2) is 35.8 Å². The van der Waals surface area contributed by atoms with Gasteiger partial charge in [-0.25, -0.2) is 4.68 Å². The highest BCUT2D eigenvalue weighted by molar-refractivity contribution is 5.94. The number of aromatic nitrogens is 2. The standard InChI is InChI=1S/C16H22N4O.ClH/c1-12-11-13(2)20(19-12)15-7-5-14(6-8-15)16(21)18-10-4-9-17-3;/h5-8,11,17H,4,9-10H2,1-3H3,(H,18,21);1H. The first-order chi connectivity index (χ1) is 10.1. The predicted octanol–water partition coefficient (Wildman–Crippen LogP) is 2.25. The van der Waals surface area contributed by atoms with Crippen LogP contribution in [-0.2, 0) is 0 Å². The van der Waals surface area contributed by atoms with E-state index in [9.17, 15) is 4.79 Å². The van der Waals surface area contributed by atoms with Crippen molar-refractivity contribution in [3.05, 3.63) is 47.3 Å². The van der Waals surface area contributed by atoms with Crippen LogP contribution in [0.25, 0.3) is 5.69 Å². The van der Waals surface area contributed by atoms with Gasteiger partial charge in [0.2, 0.25) is 0 Å². The maximum absolute atomic E-state index is 12.0. The Balaban J connectivity index is 0.00000242. The fraction of sp³-hybridized carbons (Fsp3) is 0.375. The molecule has 22 heavy (non-hydrogen) atoms. The molecule has 0 fully saturated rings. The Morgan fingerprint density at radius 2 is 1.86 bits per heavy atom. The molecule has 0 aliphatic carbocycles. The zero-order valence-corrected chi connectivity index (χ0v) is 14.0. The van der Waals surface area contributed by atoms with Crippen molar-refractivity contribution in [1.82, 2.24) is 20.4 Å². The third-order valence-electron chi connectivity index (χ3n) is 3.27.